The number of hydrogen-bond acceptors (Lipinski definition) is 2. The van der Waals surface area contributed by atoms with Gasteiger partial charge in [0.15, 0.2) is 6.54 Å². The van der Waals surface area contributed by atoms with Gasteiger partial charge in [-0.2, -0.15) is 0 Å². The average molecular weight is 334 g/mol. The summed E-state index contributed by atoms with van der Waals surface area (Å²) in [5.41, 5.74) is 2.08. The number of halogens is 1. The van der Waals surface area contributed by atoms with Crippen LogP contribution in [0.5, 0.6) is 5.75 Å². The summed E-state index contributed by atoms with van der Waals surface area (Å²) >= 11 is 6.17. The highest BCUT2D eigenvalue weighted by molar-refractivity contribution is 6.31. The molecule has 0 fully saturated rings. The number of carbonyl (C=O) groups excluding carboxylic acids is 1. The predicted molar refractivity (Wildman–Crippen MR) is 91.5 cm³/mol. The molecule has 0 aliphatic heterocycles. The second kappa shape index (κ2) is 8.56. The third-order valence-electron chi connectivity index (χ3n) is 3.70. The van der Waals surface area contributed by atoms with Gasteiger partial charge in [-0.25, -0.2) is 0 Å². The predicted octanol–water partition coefficient (Wildman–Crippen LogP) is 2.29. The van der Waals surface area contributed by atoms with Gasteiger partial charge in [0, 0.05) is 17.1 Å². The number of nitrogens with two attached hydrogens (primary N) is 1. The number of amides is 1. The van der Waals surface area contributed by atoms with E-state index in [1.54, 1.807) is 7.11 Å². The molecule has 0 unspecified atom stereocenters. The van der Waals surface area contributed by atoms with Crippen molar-refractivity contribution in [3.8, 4) is 5.75 Å². The van der Waals surface area contributed by atoms with E-state index in [9.17, 15) is 4.79 Å². The van der Waals surface area contributed by atoms with Gasteiger partial charge in [-0.1, -0.05) is 41.9 Å². The molecule has 0 heterocycles. The van der Waals surface area contributed by atoms with Crippen molar-refractivity contribution in [3.05, 3.63) is 64.7 Å². The summed E-state index contributed by atoms with van der Waals surface area (Å²) < 4.78 is 5.11. The maximum Gasteiger partial charge on any atom is 0.275 e. The molecule has 0 aromatic heterocycles. The van der Waals surface area contributed by atoms with Gasteiger partial charge in [0.05, 0.1) is 7.11 Å². The molecule has 2 aromatic rings. The van der Waals surface area contributed by atoms with Crippen LogP contribution in [0, 0.1) is 0 Å². The van der Waals surface area contributed by atoms with Crippen LogP contribution in [0.15, 0.2) is 48.5 Å². The summed E-state index contributed by atoms with van der Waals surface area (Å²) in [5, 5.41) is 5.62. The lowest BCUT2D eigenvalue weighted by atomic mass is 10.1. The summed E-state index contributed by atoms with van der Waals surface area (Å²) in [6, 6.07) is 15.5. The molecule has 122 valence electrons. The van der Waals surface area contributed by atoms with Crippen LogP contribution in [-0.2, 0) is 11.3 Å². The van der Waals surface area contributed by atoms with Crippen LogP contribution >= 0.6 is 11.6 Å². The molecule has 2 rings (SSSR count). The van der Waals surface area contributed by atoms with Crippen LogP contribution in [0.3, 0.4) is 0 Å². The Morgan fingerprint density at radius 2 is 1.91 bits per heavy atom. The first-order valence-electron chi connectivity index (χ1n) is 7.57. The van der Waals surface area contributed by atoms with Crippen molar-refractivity contribution in [2.24, 2.45) is 0 Å². The van der Waals surface area contributed by atoms with E-state index in [0.29, 0.717) is 13.1 Å². The maximum absolute atomic E-state index is 12.0. The Morgan fingerprint density at radius 3 is 2.57 bits per heavy atom. The summed E-state index contributed by atoms with van der Waals surface area (Å²) in [5.74, 6) is 0.807. The van der Waals surface area contributed by atoms with E-state index in [0.717, 1.165) is 21.9 Å². The zero-order valence-electron chi connectivity index (χ0n) is 13.4. The minimum absolute atomic E-state index is 0.000258. The molecule has 23 heavy (non-hydrogen) atoms. The minimum atomic E-state index is -0.000258. The Labute approximate surface area is 141 Å². The number of rotatable bonds is 7. The molecule has 5 heteroatoms. The quantitative estimate of drug-likeness (QED) is 0.817. The third-order valence-corrected chi connectivity index (χ3v) is 4.05. The molecule has 0 bridgehead atoms. The van der Waals surface area contributed by atoms with Gasteiger partial charge in [0.25, 0.3) is 5.91 Å². The number of carbonyl (C=O) groups is 1. The molecular formula is C18H22ClN2O2+. The molecule has 1 atom stereocenters. The summed E-state index contributed by atoms with van der Waals surface area (Å²) in [6.07, 6.45) is 0. The highest BCUT2D eigenvalue weighted by Gasteiger charge is 2.13. The standard InChI is InChI=1S/C18H21ClN2O2/c1-13(16-5-3-4-6-17(16)19)20-12-18(22)21-11-14-7-9-15(23-2)10-8-14/h3-10,13,20H,11-12H2,1-2H3,(H,21,22)/p+1/t13-/m0/s1. The van der Waals surface area contributed by atoms with Crippen molar-refractivity contribution in [2.45, 2.75) is 19.5 Å². The van der Waals surface area contributed by atoms with Crippen LogP contribution < -0.4 is 15.4 Å². The van der Waals surface area contributed by atoms with E-state index >= 15 is 0 Å². The lowest BCUT2D eigenvalue weighted by Crippen LogP contribution is -2.87. The molecule has 0 spiro atoms. The minimum Gasteiger partial charge on any atom is -0.497 e. The van der Waals surface area contributed by atoms with Gasteiger partial charge in [-0.05, 0) is 30.7 Å². The first-order valence-corrected chi connectivity index (χ1v) is 7.95. The van der Waals surface area contributed by atoms with Gasteiger partial charge in [0.2, 0.25) is 0 Å². The third kappa shape index (κ3) is 5.27. The Morgan fingerprint density at radius 1 is 1.22 bits per heavy atom. The number of hydrogen-bond donors (Lipinski definition) is 2. The first kappa shape index (κ1) is 17.3. The van der Waals surface area contributed by atoms with Crippen molar-refractivity contribution in [1.82, 2.24) is 5.32 Å². The van der Waals surface area contributed by atoms with Crippen molar-refractivity contribution in [1.29, 1.82) is 0 Å². The Balaban J connectivity index is 1.77. The molecule has 0 saturated carbocycles. The zero-order chi connectivity index (χ0) is 16.7. The van der Waals surface area contributed by atoms with Gasteiger partial charge in [0.1, 0.15) is 11.8 Å². The Bertz CT molecular complexity index is 644. The van der Waals surface area contributed by atoms with Crippen molar-refractivity contribution < 1.29 is 14.8 Å². The van der Waals surface area contributed by atoms with Gasteiger partial charge in [-0.15, -0.1) is 0 Å². The second-order valence-corrected chi connectivity index (χ2v) is 5.78. The fourth-order valence-electron chi connectivity index (χ4n) is 2.27. The molecule has 1 amide bonds. The molecule has 0 saturated heterocycles. The smallest absolute Gasteiger partial charge is 0.275 e. The van der Waals surface area contributed by atoms with E-state index in [-0.39, 0.29) is 11.9 Å². The van der Waals surface area contributed by atoms with E-state index in [1.807, 2.05) is 60.8 Å². The van der Waals surface area contributed by atoms with Crippen LogP contribution in [0.1, 0.15) is 24.1 Å². The Hall–Kier alpha value is -2.04. The van der Waals surface area contributed by atoms with Crippen LogP contribution in [0.25, 0.3) is 0 Å². The van der Waals surface area contributed by atoms with Crippen LogP contribution in [0.4, 0.5) is 0 Å². The number of nitrogens with one attached hydrogen (secondary N) is 1. The van der Waals surface area contributed by atoms with Gasteiger partial charge >= 0.3 is 0 Å². The summed E-state index contributed by atoms with van der Waals surface area (Å²) in [4.78, 5) is 12.0. The SMILES string of the molecule is COc1ccc(CNC(=O)C[NH2+][C@@H](C)c2ccccc2Cl)cc1. The Kier molecular flexibility index (Phi) is 6.44. The monoisotopic (exact) mass is 333 g/mol. The highest BCUT2D eigenvalue weighted by atomic mass is 35.5. The molecular weight excluding hydrogens is 312 g/mol. The van der Waals surface area contributed by atoms with E-state index < -0.39 is 0 Å². The molecule has 0 aliphatic carbocycles. The largest absolute Gasteiger partial charge is 0.497 e. The van der Waals surface area contributed by atoms with Crippen LogP contribution in [-0.4, -0.2) is 19.6 Å². The van der Waals surface area contributed by atoms with Gasteiger partial charge in [-0.3, -0.25) is 4.79 Å². The van der Waals surface area contributed by atoms with E-state index in [1.165, 1.54) is 0 Å². The molecule has 0 aliphatic rings. The van der Waals surface area contributed by atoms with Crippen molar-refractivity contribution in [2.75, 3.05) is 13.7 Å². The fraction of sp³-hybridized carbons (Fsp3) is 0.278. The van der Waals surface area contributed by atoms with Crippen LogP contribution in [0.2, 0.25) is 5.02 Å². The fourth-order valence-corrected chi connectivity index (χ4v) is 2.58. The highest BCUT2D eigenvalue weighted by Crippen LogP contribution is 2.19. The lowest BCUT2D eigenvalue weighted by molar-refractivity contribution is -0.682. The summed E-state index contributed by atoms with van der Waals surface area (Å²) in [7, 11) is 1.63. The number of benzene rings is 2. The lowest BCUT2D eigenvalue weighted by Gasteiger charge is -2.12. The zero-order valence-corrected chi connectivity index (χ0v) is 14.1. The maximum atomic E-state index is 12.0. The van der Waals surface area contributed by atoms with Crippen molar-refractivity contribution >= 4 is 17.5 Å². The first-order chi connectivity index (χ1) is 11.1. The number of quaternary nitrogens is 1. The molecule has 0 radical (unpaired) electrons. The number of ether oxygens (including phenoxy) is 1. The second-order valence-electron chi connectivity index (χ2n) is 5.37. The average Bonchev–Trinajstić information content (AvgIpc) is 2.58. The number of methoxy groups -OCH3 is 1. The normalized spacial score (nSPS) is 11.8. The van der Waals surface area contributed by atoms with Crippen molar-refractivity contribution in [3.63, 3.8) is 0 Å². The topological polar surface area (TPSA) is 54.9 Å². The molecule has 2 aromatic carbocycles. The van der Waals surface area contributed by atoms with E-state index in [2.05, 4.69) is 5.32 Å². The van der Waals surface area contributed by atoms with E-state index in [4.69, 9.17) is 16.3 Å². The molecule has 3 N–H and O–H groups in total. The van der Waals surface area contributed by atoms with Gasteiger partial charge < -0.3 is 15.4 Å². The molecule has 4 nitrogen and oxygen atoms in total. The summed E-state index contributed by atoms with van der Waals surface area (Å²) in [6.45, 7) is 2.91.